The number of aromatic hydroxyl groups is 2. The number of carbonyl (C=O) groups is 2. The van der Waals surface area contributed by atoms with Crippen molar-refractivity contribution in [1.82, 2.24) is 20.4 Å². The van der Waals surface area contributed by atoms with Gasteiger partial charge in [0.15, 0.2) is 0 Å². The number of hydrogen-bond acceptors (Lipinski definition) is 11. The number of para-hydroxylation sites is 2. The third-order valence-corrected chi connectivity index (χ3v) is 7.46. The van der Waals surface area contributed by atoms with Crippen LogP contribution in [0, 0.1) is 0 Å². The van der Waals surface area contributed by atoms with E-state index < -0.39 is 0 Å². The van der Waals surface area contributed by atoms with Crippen molar-refractivity contribution in [3.63, 3.8) is 0 Å². The largest absolute Gasteiger partial charge is 0.508 e. The zero-order valence-electron chi connectivity index (χ0n) is 21.7. The van der Waals surface area contributed by atoms with Gasteiger partial charge in [0, 0.05) is 32.7 Å². The number of benzene rings is 2. The van der Waals surface area contributed by atoms with E-state index in [9.17, 15) is 19.8 Å². The van der Waals surface area contributed by atoms with Crippen LogP contribution in [0.4, 0.5) is 10.3 Å². The van der Waals surface area contributed by atoms with Gasteiger partial charge in [-0.3, -0.25) is 4.79 Å². The van der Waals surface area contributed by atoms with Crippen molar-refractivity contribution in [3.05, 3.63) is 69.7 Å². The van der Waals surface area contributed by atoms with E-state index in [1.807, 2.05) is 31.3 Å². The maximum absolute atomic E-state index is 12.1. The maximum atomic E-state index is 12.1. The Morgan fingerprint density at radius 2 is 1.33 bits per heavy atom. The molecule has 0 aliphatic rings. The Hall–Kier alpha value is -3.90. The van der Waals surface area contributed by atoms with Gasteiger partial charge in [-0.25, -0.2) is 0 Å². The monoisotopic (exact) mass is 568 g/mol. The quantitative estimate of drug-likeness (QED) is 0.132. The number of aryl methyl sites for hydroxylation is 4. The van der Waals surface area contributed by atoms with E-state index in [0.29, 0.717) is 24.4 Å². The molecular weight excluding hydrogens is 536 g/mol. The highest BCUT2D eigenvalue weighted by molar-refractivity contribution is 7.15. The first kappa shape index (κ1) is 29.7. The number of aromatic nitrogens is 4. The van der Waals surface area contributed by atoms with Crippen LogP contribution in [0.25, 0.3) is 0 Å². The number of hydrogen-bond donors (Lipinski definition) is 4. The lowest BCUT2D eigenvalue weighted by molar-refractivity contribution is -0.116. The van der Waals surface area contributed by atoms with E-state index in [2.05, 4.69) is 31.0 Å². The summed E-state index contributed by atoms with van der Waals surface area (Å²) in [5.74, 6) is 0.348. The first-order valence-corrected chi connectivity index (χ1v) is 14.2. The summed E-state index contributed by atoms with van der Waals surface area (Å²) < 4.78 is 0. The van der Waals surface area contributed by atoms with Crippen molar-refractivity contribution in [3.8, 4) is 11.5 Å². The molecule has 0 saturated heterocycles. The molecule has 0 atom stereocenters. The van der Waals surface area contributed by atoms with Crippen molar-refractivity contribution in [2.45, 2.75) is 51.4 Å². The molecule has 4 rings (SSSR count). The van der Waals surface area contributed by atoms with Crippen LogP contribution in [0.5, 0.6) is 11.5 Å². The lowest BCUT2D eigenvalue weighted by atomic mass is 10.1. The summed E-state index contributed by atoms with van der Waals surface area (Å²) in [4.78, 5) is 22.1. The van der Waals surface area contributed by atoms with Crippen molar-refractivity contribution < 1.29 is 19.8 Å². The Bertz CT molecular complexity index is 1330. The summed E-state index contributed by atoms with van der Waals surface area (Å²) >= 11 is 2.97. The molecule has 0 saturated carbocycles. The average Bonchev–Trinajstić information content (AvgIpc) is 3.60. The minimum Gasteiger partial charge on any atom is -0.508 e. The summed E-state index contributed by atoms with van der Waals surface area (Å²) in [6, 6.07) is 14.1. The molecule has 0 aliphatic heterocycles. The van der Waals surface area contributed by atoms with Gasteiger partial charge in [0.05, 0.1) is 0 Å². The highest BCUT2D eigenvalue weighted by Gasteiger charge is 2.10. The molecule has 2 aromatic heterocycles. The standard InChI is InChI=1S/C18H22N6O2S2.C9H10O2/c1-19-17-23-21-15(27-17)8-4-5-9-16-22-24-18(28-16)20-14(26)11-10-12-6-2-3-7-13(12)25;10-7-3-5-8-4-1-2-6-9(8)11/h2-3,6-7,25H,4-5,8-11H2,1H3,(H,19,23)(H,20,24,26);1-2,4,6-7,11H,3,5H2. The topological polar surface area (TPSA) is 150 Å². The second-order valence-electron chi connectivity index (χ2n) is 8.47. The van der Waals surface area contributed by atoms with Crippen molar-refractivity contribution in [2.75, 3.05) is 17.7 Å². The number of nitrogens with zero attached hydrogens (tertiary/aromatic N) is 4. The van der Waals surface area contributed by atoms with E-state index in [-0.39, 0.29) is 23.8 Å². The summed E-state index contributed by atoms with van der Waals surface area (Å²) in [5.41, 5.74) is 1.59. The number of anilines is 2. The first-order valence-electron chi connectivity index (χ1n) is 12.6. The van der Waals surface area contributed by atoms with Gasteiger partial charge in [-0.15, -0.1) is 20.4 Å². The molecule has 12 heteroatoms. The van der Waals surface area contributed by atoms with E-state index in [1.54, 1.807) is 35.6 Å². The van der Waals surface area contributed by atoms with Gasteiger partial charge in [0.25, 0.3) is 0 Å². The number of nitrogens with one attached hydrogen (secondary N) is 2. The van der Waals surface area contributed by atoms with Crippen LogP contribution >= 0.6 is 22.7 Å². The molecule has 0 bridgehead atoms. The molecule has 1 amide bonds. The molecule has 39 heavy (non-hydrogen) atoms. The Morgan fingerprint density at radius 3 is 1.87 bits per heavy atom. The first-order chi connectivity index (χ1) is 19.0. The van der Waals surface area contributed by atoms with Gasteiger partial charge in [-0.1, -0.05) is 59.1 Å². The molecule has 10 nitrogen and oxygen atoms in total. The number of amides is 1. The molecule has 0 spiro atoms. The molecule has 4 aromatic rings. The number of phenols is 2. The zero-order chi connectivity index (χ0) is 27.9. The van der Waals surface area contributed by atoms with Gasteiger partial charge < -0.3 is 25.6 Å². The third-order valence-electron chi connectivity index (χ3n) is 5.56. The molecule has 0 radical (unpaired) electrons. The number of unbranched alkanes of at least 4 members (excludes halogenated alkanes) is 1. The van der Waals surface area contributed by atoms with E-state index >= 15 is 0 Å². The highest BCUT2D eigenvalue weighted by atomic mass is 32.1. The average molecular weight is 569 g/mol. The van der Waals surface area contributed by atoms with Crippen LogP contribution in [0.15, 0.2) is 48.5 Å². The Kier molecular flexibility index (Phi) is 12.3. The number of phenolic OH excluding ortho intramolecular Hbond substituents is 2. The Labute approximate surface area is 235 Å². The van der Waals surface area contributed by atoms with E-state index in [4.69, 9.17) is 0 Å². The van der Waals surface area contributed by atoms with Gasteiger partial charge in [-0.05, 0) is 48.9 Å². The predicted molar refractivity (Wildman–Crippen MR) is 154 cm³/mol. The molecule has 0 unspecified atom stereocenters. The molecule has 0 aliphatic carbocycles. The molecular formula is C27H32N6O4S2. The number of carbonyl (C=O) groups excluding carboxylic acids is 2. The fraction of sp³-hybridized carbons (Fsp3) is 0.333. The van der Waals surface area contributed by atoms with Crippen molar-refractivity contribution in [1.29, 1.82) is 0 Å². The lowest BCUT2D eigenvalue weighted by Crippen LogP contribution is -2.12. The Morgan fingerprint density at radius 1 is 0.795 bits per heavy atom. The second-order valence-corrected chi connectivity index (χ2v) is 10.6. The number of rotatable bonds is 13. The van der Waals surface area contributed by atoms with Crippen LogP contribution in [0.2, 0.25) is 0 Å². The van der Waals surface area contributed by atoms with Gasteiger partial charge >= 0.3 is 0 Å². The minimum absolute atomic E-state index is 0.137. The molecule has 206 valence electrons. The molecule has 2 heterocycles. The summed E-state index contributed by atoms with van der Waals surface area (Å²) in [5, 5.41) is 44.3. The van der Waals surface area contributed by atoms with Gasteiger partial charge in [0.1, 0.15) is 27.8 Å². The summed E-state index contributed by atoms with van der Waals surface area (Å²) in [7, 11) is 1.83. The van der Waals surface area contributed by atoms with E-state index in [0.717, 1.165) is 58.2 Å². The van der Waals surface area contributed by atoms with Crippen LogP contribution in [-0.4, -0.2) is 49.8 Å². The van der Waals surface area contributed by atoms with Crippen LogP contribution in [0.3, 0.4) is 0 Å². The van der Waals surface area contributed by atoms with Crippen LogP contribution in [0.1, 0.15) is 46.8 Å². The normalized spacial score (nSPS) is 10.4. The number of aldehydes is 1. The van der Waals surface area contributed by atoms with Crippen molar-refractivity contribution in [2.24, 2.45) is 0 Å². The SMILES string of the molecule is CNc1nnc(CCCCc2nnc(NC(=O)CCc3ccccc3O)s2)s1.O=CCCc1ccccc1O. The smallest absolute Gasteiger partial charge is 0.226 e. The molecule has 2 aromatic carbocycles. The highest BCUT2D eigenvalue weighted by Crippen LogP contribution is 2.21. The van der Waals surface area contributed by atoms with Crippen molar-refractivity contribution >= 4 is 45.1 Å². The van der Waals surface area contributed by atoms with Crippen LogP contribution in [-0.2, 0) is 35.3 Å². The van der Waals surface area contributed by atoms with E-state index in [1.165, 1.54) is 11.3 Å². The predicted octanol–water partition coefficient (Wildman–Crippen LogP) is 4.80. The van der Waals surface area contributed by atoms with Crippen LogP contribution < -0.4 is 10.6 Å². The zero-order valence-corrected chi connectivity index (χ0v) is 23.3. The summed E-state index contributed by atoms with van der Waals surface area (Å²) in [6.45, 7) is 0. The second kappa shape index (κ2) is 16.1. The fourth-order valence-corrected chi connectivity index (χ4v) is 5.03. The maximum Gasteiger partial charge on any atom is 0.226 e. The van der Waals surface area contributed by atoms with Gasteiger partial charge in [0.2, 0.25) is 16.2 Å². The Balaban J connectivity index is 0.000000320. The molecule has 4 N–H and O–H groups in total. The van der Waals surface area contributed by atoms with Gasteiger partial charge in [-0.2, -0.15) is 0 Å². The molecule has 0 fully saturated rings. The lowest BCUT2D eigenvalue weighted by Gasteiger charge is -2.03. The minimum atomic E-state index is -0.137. The fourth-order valence-electron chi connectivity index (χ4n) is 3.50. The third kappa shape index (κ3) is 10.4. The summed E-state index contributed by atoms with van der Waals surface area (Å²) in [6.07, 6.45) is 6.40.